The molecule has 0 spiro atoms. The van der Waals surface area contributed by atoms with Crippen LogP contribution in [0.4, 0.5) is 17.1 Å². The van der Waals surface area contributed by atoms with Gasteiger partial charge in [-0.05, 0) is 116 Å². The Morgan fingerprint density at radius 3 is 1.37 bits per heavy atom. The summed E-state index contributed by atoms with van der Waals surface area (Å²) in [6.45, 7) is 0. The van der Waals surface area contributed by atoms with E-state index in [-0.39, 0.29) is 0 Å². The Morgan fingerprint density at radius 2 is 0.750 bits per heavy atom. The van der Waals surface area contributed by atoms with Crippen molar-refractivity contribution in [3.05, 3.63) is 243 Å². The van der Waals surface area contributed by atoms with E-state index in [0.29, 0.717) is 0 Å². The van der Waals surface area contributed by atoms with Crippen LogP contribution in [0, 0.1) is 0 Å². The highest BCUT2D eigenvalue weighted by Crippen LogP contribution is 2.42. The number of anilines is 3. The van der Waals surface area contributed by atoms with Gasteiger partial charge in [-0.3, -0.25) is 0 Å². The Labute approximate surface area is 350 Å². The smallest absolute Gasteiger partial charge is 0.0547 e. The summed E-state index contributed by atoms with van der Waals surface area (Å²) in [6.07, 6.45) is 0. The molecule has 0 amide bonds. The van der Waals surface area contributed by atoms with Crippen LogP contribution in [0.5, 0.6) is 0 Å². The summed E-state index contributed by atoms with van der Waals surface area (Å²) in [7, 11) is 0. The number of para-hydroxylation sites is 1. The lowest BCUT2D eigenvalue weighted by Gasteiger charge is -2.27. The van der Waals surface area contributed by atoms with Crippen molar-refractivity contribution in [2.45, 2.75) is 0 Å². The molecule has 0 saturated carbocycles. The number of aromatic nitrogens is 1. The van der Waals surface area contributed by atoms with Crippen LogP contribution in [0.25, 0.3) is 82.8 Å². The maximum Gasteiger partial charge on any atom is 0.0547 e. The average Bonchev–Trinajstić information content (AvgIpc) is 3.68. The first-order valence-corrected chi connectivity index (χ1v) is 20.6. The quantitative estimate of drug-likeness (QED) is 0.150. The van der Waals surface area contributed by atoms with Gasteiger partial charge >= 0.3 is 0 Å². The molecule has 60 heavy (non-hydrogen) atoms. The first-order valence-electron chi connectivity index (χ1n) is 20.6. The molecule has 11 rings (SSSR count). The molecule has 0 N–H and O–H groups in total. The molecule has 10 aromatic carbocycles. The summed E-state index contributed by atoms with van der Waals surface area (Å²) in [4.78, 5) is 2.37. The third-order valence-corrected chi connectivity index (χ3v) is 11.8. The van der Waals surface area contributed by atoms with Gasteiger partial charge in [-0.2, -0.15) is 0 Å². The van der Waals surface area contributed by atoms with Crippen LogP contribution in [0.2, 0.25) is 0 Å². The van der Waals surface area contributed by atoms with Crippen molar-refractivity contribution in [1.82, 2.24) is 4.57 Å². The van der Waals surface area contributed by atoms with Crippen LogP contribution in [0.3, 0.4) is 0 Å². The van der Waals surface area contributed by atoms with Gasteiger partial charge in [0, 0.05) is 33.5 Å². The Morgan fingerprint density at radius 1 is 0.283 bits per heavy atom. The Hall–Kier alpha value is -7.94. The van der Waals surface area contributed by atoms with Crippen LogP contribution in [-0.4, -0.2) is 4.57 Å². The lowest BCUT2D eigenvalue weighted by atomic mass is 9.93. The van der Waals surface area contributed by atoms with Gasteiger partial charge in [0.25, 0.3) is 0 Å². The van der Waals surface area contributed by atoms with Gasteiger partial charge in [0.15, 0.2) is 0 Å². The van der Waals surface area contributed by atoms with Crippen molar-refractivity contribution >= 4 is 49.6 Å². The highest BCUT2D eigenvalue weighted by Gasteiger charge is 2.18. The number of hydrogen-bond donors (Lipinski definition) is 0. The van der Waals surface area contributed by atoms with Crippen LogP contribution >= 0.6 is 0 Å². The molecule has 1 aromatic heterocycles. The molecule has 0 radical (unpaired) electrons. The van der Waals surface area contributed by atoms with Gasteiger partial charge in [-0.25, -0.2) is 0 Å². The van der Waals surface area contributed by atoms with E-state index in [1.165, 1.54) is 77.1 Å². The number of rotatable bonds is 8. The van der Waals surface area contributed by atoms with E-state index in [0.717, 1.165) is 22.7 Å². The fraction of sp³-hybridized carbons (Fsp3) is 0. The van der Waals surface area contributed by atoms with Crippen molar-refractivity contribution in [3.8, 4) is 50.2 Å². The van der Waals surface area contributed by atoms with Crippen LogP contribution < -0.4 is 4.90 Å². The van der Waals surface area contributed by atoms with Gasteiger partial charge in [-0.15, -0.1) is 0 Å². The zero-order valence-electron chi connectivity index (χ0n) is 33.0. The predicted molar refractivity (Wildman–Crippen MR) is 255 cm³/mol. The summed E-state index contributed by atoms with van der Waals surface area (Å²) >= 11 is 0. The molecule has 0 aliphatic carbocycles. The minimum absolute atomic E-state index is 1.09. The second-order valence-electron chi connectivity index (χ2n) is 15.3. The number of hydrogen-bond acceptors (Lipinski definition) is 1. The maximum absolute atomic E-state index is 2.40. The molecule has 0 saturated heterocycles. The first kappa shape index (κ1) is 35.2. The fourth-order valence-corrected chi connectivity index (χ4v) is 8.90. The number of fused-ring (bicyclic) bond motifs is 5. The normalized spacial score (nSPS) is 11.3. The highest BCUT2D eigenvalue weighted by molar-refractivity contribution is 6.21. The molecule has 11 aromatic rings. The summed E-state index contributed by atoms with van der Waals surface area (Å²) in [6, 6.07) is 87.7. The Balaban J connectivity index is 0.984. The molecule has 0 aliphatic rings. The summed E-state index contributed by atoms with van der Waals surface area (Å²) < 4.78 is 2.40. The molecule has 0 aliphatic heterocycles. The molecule has 282 valence electrons. The van der Waals surface area contributed by atoms with E-state index in [1.54, 1.807) is 0 Å². The molecule has 0 unspecified atom stereocenters. The number of benzene rings is 10. The Kier molecular flexibility index (Phi) is 8.87. The van der Waals surface area contributed by atoms with Crippen molar-refractivity contribution in [3.63, 3.8) is 0 Å². The monoisotopic (exact) mass is 764 g/mol. The third kappa shape index (κ3) is 6.32. The van der Waals surface area contributed by atoms with Crippen LogP contribution in [0.15, 0.2) is 243 Å². The number of nitrogens with zero attached hydrogens (tertiary/aromatic N) is 2. The topological polar surface area (TPSA) is 8.17 Å². The lowest BCUT2D eigenvalue weighted by molar-refractivity contribution is 1.18. The molecule has 2 heteroatoms. The van der Waals surface area contributed by atoms with E-state index in [9.17, 15) is 0 Å². The Bertz CT molecular complexity index is 3260. The molecular formula is C58H40N2. The zero-order valence-corrected chi connectivity index (χ0v) is 33.0. The fourth-order valence-electron chi connectivity index (χ4n) is 8.90. The molecule has 0 fully saturated rings. The van der Waals surface area contributed by atoms with E-state index in [1.807, 2.05) is 0 Å². The first-order chi connectivity index (χ1) is 29.8. The van der Waals surface area contributed by atoms with Gasteiger partial charge in [0.05, 0.1) is 11.0 Å². The van der Waals surface area contributed by atoms with Crippen molar-refractivity contribution < 1.29 is 0 Å². The lowest BCUT2D eigenvalue weighted by Crippen LogP contribution is -2.10. The summed E-state index contributed by atoms with van der Waals surface area (Å²) in [5.41, 5.74) is 16.4. The molecule has 0 bridgehead atoms. The maximum atomic E-state index is 2.40. The molecule has 0 atom stereocenters. The average molecular weight is 765 g/mol. The van der Waals surface area contributed by atoms with E-state index in [4.69, 9.17) is 0 Å². The SMILES string of the molecule is c1ccc(-c2ccc(N(c3ccc(-c4ccc(-n5c6ccccc6c6c7ccccc7ccc65)cc4)cc3)c3ccc(-c4ccccc4)c(-c4ccccc4)c3)cc2)cc1. The summed E-state index contributed by atoms with van der Waals surface area (Å²) in [5.74, 6) is 0. The van der Waals surface area contributed by atoms with Gasteiger partial charge < -0.3 is 9.47 Å². The van der Waals surface area contributed by atoms with Crippen LogP contribution in [0.1, 0.15) is 0 Å². The van der Waals surface area contributed by atoms with E-state index < -0.39 is 0 Å². The molecule has 1 heterocycles. The largest absolute Gasteiger partial charge is 0.310 e. The van der Waals surface area contributed by atoms with Gasteiger partial charge in [0.2, 0.25) is 0 Å². The third-order valence-electron chi connectivity index (χ3n) is 11.8. The van der Waals surface area contributed by atoms with Crippen molar-refractivity contribution in [2.24, 2.45) is 0 Å². The van der Waals surface area contributed by atoms with Crippen molar-refractivity contribution in [2.75, 3.05) is 4.90 Å². The van der Waals surface area contributed by atoms with Crippen LogP contribution in [-0.2, 0) is 0 Å². The second-order valence-corrected chi connectivity index (χ2v) is 15.3. The molecule has 2 nitrogen and oxygen atoms in total. The second kappa shape index (κ2) is 15.1. The van der Waals surface area contributed by atoms with E-state index >= 15 is 0 Å². The standard InChI is InChI=1S/C58H40N2/c1-4-14-41(15-5-1)42-24-31-48(32-25-42)59(51-37-38-52(45-16-6-2-7-17-45)55(40-51)46-18-8-3-9-19-46)49-33-26-43(27-34-49)44-28-35-50(36-29-44)60-56-23-13-12-22-54(56)58-53-21-11-10-20-47(53)30-39-57(58)60/h1-40H. The minimum atomic E-state index is 1.09. The van der Waals surface area contributed by atoms with Gasteiger partial charge in [-0.1, -0.05) is 182 Å². The minimum Gasteiger partial charge on any atom is -0.310 e. The molecular weight excluding hydrogens is 725 g/mol. The zero-order chi connectivity index (χ0) is 39.8. The van der Waals surface area contributed by atoms with E-state index in [2.05, 4.69) is 252 Å². The predicted octanol–water partition coefficient (Wildman–Crippen LogP) is 16.1. The summed E-state index contributed by atoms with van der Waals surface area (Å²) in [5, 5.41) is 5.11. The van der Waals surface area contributed by atoms with Crippen molar-refractivity contribution in [1.29, 1.82) is 0 Å². The van der Waals surface area contributed by atoms with Gasteiger partial charge in [0.1, 0.15) is 0 Å². The highest BCUT2D eigenvalue weighted by atomic mass is 15.1.